The Morgan fingerprint density at radius 1 is 0.783 bits per heavy atom. The van der Waals surface area contributed by atoms with Gasteiger partial charge in [0.25, 0.3) is 0 Å². The van der Waals surface area contributed by atoms with E-state index in [1.807, 2.05) is 12.1 Å². The number of hydrogen-bond donors (Lipinski definition) is 1. The monoisotopic (exact) mass is 318 g/mol. The van der Waals surface area contributed by atoms with Crippen LogP contribution in [0.25, 0.3) is 0 Å². The number of rotatable bonds is 13. The zero-order chi connectivity index (χ0) is 16.9. The maximum atomic E-state index is 10.3. The van der Waals surface area contributed by atoms with Gasteiger partial charge in [0.1, 0.15) is 5.75 Å². The second kappa shape index (κ2) is 12.4. The summed E-state index contributed by atoms with van der Waals surface area (Å²) in [5, 5.41) is 10.3. The number of aromatic hydroxyl groups is 1. The Bertz CT molecular complexity index is 399. The zero-order valence-corrected chi connectivity index (χ0v) is 15.7. The Morgan fingerprint density at radius 3 is 2.04 bits per heavy atom. The van der Waals surface area contributed by atoms with Gasteiger partial charge in [-0.15, -0.1) is 0 Å². The molecule has 2 atom stereocenters. The summed E-state index contributed by atoms with van der Waals surface area (Å²) in [7, 11) is 0. The number of phenolic OH excluding ortho intramolecular Hbond substituents is 1. The van der Waals surface area contributed by atoms with Crippen molar-refractivity contribution in [1.29, 1.82) is 0 Å². The number of hydrogen-bond acceptors (Lipinski definition) is 1. The van der Waals surface area contributed by atoms with Crippen LogP contribution in [0.3, 0.4) is 0 Å². The summed E-state index contributed by atoms with van der Waals surface area (Å²) in [5.41, 5.74) is 1.18. The Labute approximate surface area is 144 Å². The molecule has 23 heavy (non-hydrogen) atoms. The average Bonchev–Trinajstić information content (AvgIpc) is 2.57. The summed E-state index contributed by atoms with van der Waals surface area (Å²) in [6.07, 6.45) is 14.5. The quantitative estimate of drug-likeness (QED) is 0.375. The minimum absolute atomic E-state index is 0.495. The molecule has 0 aromatic heterocycles. The van der Waals surface area contributed by atoms with Crippen molar-refractivity contribution >= 4 is 0 Å². The van der Waals surface area contributed by atoms with Crippen molar-refractivity contribution in [3.05, 3.63) is 29.8 Å². The van der Waals surface area contributed by atoms with Gasteiger partial charge in [0, 0.05) is 0 Å². The summed E-state index contributed by atoms with van der Waals surface area (Å²) in [6, 6.07) is 8.00. The molecule has 1 nitrogen and oxygen atoms in total. The van der Waals surface area contributed by atoms with Gasteiger partial charge in [0.2, 0.25) is 0 Å². The van der Waals surface area contributed by atoms with E-state index < -0.39 is 0 Å². The predicted octanol–water partition coefficient (Wildman–Crippen LogP) is 7.44. The molecule has 0 aliphatic rings. The number of phenols is 1. The maximum Gasteiger partial charge on any atom is 0.119 e. The molecule has 0 heterocycles. The van der Waals surface area contributed by atoms with Crippen molar-refractivity contribution in [1.82, 2.24) is 0 Å². The lowest BCUT2D eigenvalue weighted by Gasteiger charge is -2.27. The van der Waals surface area contributed by atoms with Crippen molar-refractivity contribution in [3.63, 3.8) is 0 Å². The number of para-hydroxylation sites is 1. The van der Waals surface area contributed by atoms with E-state index in [9.17, 15) is 5.11 Å². The van der Waals surface area contributed by atoms with Crippen molar-refractivity contribution < 1.29 is 5.11 Å². The molecular formula is C22H38O. The molecule has 1 rings (SSSR count). The van der Waals surface area contributed by atoms with Gasteiger partial charge in [0.05, 0.1) is 0 Å². The molecule has 0 aliphatic heterocycles. The van der Waals surface area contributed by atoms with E-state index in [0.29, 0.717) is 17.6 Å². The standard InChI is InChI=1S/C22H38O/c1-4-7-8-9-10-11-12-16-20(19(6-3)15-5-2)21-17-13-14-18-22(21)23/h13-14,17-20,23H,4-12,15-16H2,1-3H3. The minimum atomic E-state index is 0.495. The molecule has 1 aromatic rings. The lowest BCUT2D eigenvalue weighted by atomic mass is 9.78. The van der Waals surface area contributed by atoms with E-state index in [4.69, 9.17) is 0 Å². The minimum Gasteiger partial charge on any atom is -0.508 e. The van der Waals surface area contributed by atoms with E-state index in [2.05, 4.69) is 32.9 Å². The van der Waals surface area contributed by atoms with Gasteiger partial charge < -0.3 is 5.11 Å². The molecule has 0 radical (unpaired) electrons. The number of unbranched alkanes of at least 4 members (excludes halogenated alkanes) is 6. The fourth-order valence-electron chi connectivity index (χ4n) is 3.83. The van der Waals surface area contributed by atoms with E-state index in [1.165, 1.54) is 76.2 Å². The molecule has 0 spiro atoms. The SMILES string of the molecule is CCCCCCCCCC(c1ccccc1O)C(CC)CCC. The molecule has 0 fully saturated rings. The first-order valence-corrected chi connectivity index (χ1v) is 10.0. The third kappa shape index (κ3) is 7.42. The Balaban J connectivity index is 2.57. The lowest BCUT2D eigenvalue weighted by molar-refractivity contribution is 0.341. The van der Waals surface area contributed by atoms with E-state index in [0.717, 1.165) is 0 Å². The molecule has 0 amide bonds. The van der Waals surface area contributed by atoms with Crippen LogP contribution in [0.15, 0.2) is 24.3 Å². The van der Waals surface area contributed by atoms with Crippen LogP contribution in [-0.2, 0) is 0 Å². The Morgan fingerprint density at radius 2 is 1.43 bits per heavy atom. The highest BCUT2D eigenvalue weighted by Gasteiger charge is 2.23. The van der Waals surface area contributed by atoms with Gasteiger partial charge in [-0.25, -0.2) is 0 Å². The molecule has 1 heteroatoms. The van der Waals surface area contributed by atoms with Crippen molar-refractivity contribution in [2.24, 2.45) is 5.92 Å². The van der Waals surface area contributed by atoms with Crippen LogP contribution in [0, 0.1) is 5.92 Å². The Kier molecular flexibility index (Phi) is 10.9. The van der Waals surface area contributed by atoms with Gasteiger partial charge in [-0.1, -0.05) is 103 Å². The number of benzene rings is 1. The molecular weight excluding hydrogens is 280 g/mol. The smallest absolute Gasteiger partial charge is 0.119 e. The molecule has 2 unspecified atom stereocenters. The molecule has 0 saturated heterocycles. The van der Waals surface area contributed by atoms with Crippen molar-refractivity contribution in [3.8, 4) is 5.75 Å². The summed E-state index contributed by atoms with van der Waals surface area (Å²) in [5.74, 6) is 1.72. The lowest BCUT2D eigenvalue weighted by Crippen LogP contribution is -2.13. The van der Waals surface area contributed by atoms with Crippen LogP contribution < -0.4 is 0 Å². The summed E-state index contributed by atoms with van der Waals surface area (Å²) in [6.45, 7) is 6.85. The highest BCUT2D eigenvalue weighted by molar-refractivity contribution is 5.35. The third-order valence-electron chi connectivity index (χ3n) is 5.21. The van der Waals surface area contributed by atoms with Crippen LogP contribution in [0.4, 0.5) is 0 Å². The Hall–Kier alpha value is -0.980. The van der Waals surface area contributed by atoms with Gasteiger partial charge in [-0.05, 0) is 29.9 Å². The third-order valence-corrected chi connectivity index (χ3v) is 5.21. The molecule has 0 saturated carbocycles. The zero-order valence-electron chi connectivity index (χ0n) is 15.7. The molecule has 1 N–H and O–H groups in total. The summed E-state index contributed by atoms with van der Waals surface area (Å²) >= 11 is 0. The van der Waals surface area contributed by atoms with Gasteiger partial charge >= 0.3 is 0 Å². The van der Waals surface area contributed by atoms with Crippen LogP contribution in [0.2, 0.25) is 0 Å². The highest BCUT2D eigenvalue weighted by atomic mass is 16.3. The van der Waals surface area contributed by atoms with Crippen LogP contribution in [0.5, 0.6) is 5.75 Å². The fourth-order valence-corrected chi connectivity index (χ4v) is 3.83. The van der Waals surface area contributed by atoms with Crippen molar-refractivity contribution in [2.45, 2.75) is 97.3 Å². The predicted molar refractivity (Wildman–Crippen MR) is 102 cm³/mol. The largest absolute Gasteiger partial charge is 0.508 e. The first-order chi connectivity index (χ1) is 11.2. The average molecular weight is 319 g/mol. The molecule has 132 valence electrons. The first-order valence-electron chi connectivity index (χ1n) is 10.0. The molecule has 1 aromatic carbocycles. The van der Waals surface area contributed by atoms with E-state index >= 15 is 0 Å². The van der Waals surface area contributed by atoms with Crippen LogP contribution in [0.1, 0.15) is 103 Å². The van der Waals surface area contributed by atoms with Gasteiger partial charge in [-0.3, -0.25) is 0 Å². The second-order valence-corrected chi connectivity index (χ2v) is 7.03. The normalized spacial score (nSPS) is 13.9. The molecule has 0 aliphatic carbocycles. The molecule has 0 bridgehead atoms. The fraction of sp³-hybridized carbons (Fsp3) is 0.727. The second-order valence-electron chi connectivity index (χ2n) is 7.03. The van der Waals surface area contributed by atoms with Crippen LogP contribution >= 0.6 is 0 Å². The maximum absolute atomic E-state index is 10.3. The van der Waals surface area contributed by atoms with E-state index in [-0.39, 0.29) is 0 Å². The van der Waals surface area contributed by atoms with Gasteiger partial charge in [0.15, 0.2) is 0 Å². The van der Waals surface area contributed by atoms with Gasteiger partial charge in [-0.2, -0.15) is 0 Å². The van der Waals surface area contributed by atoms with Crippen molar-refractivity contribution in [2.75, 3.05) is 0 Å². The first kappa shape index (κ1) is 20.1. The summed E-state index contributed by atoms with van der Waals surface area (Å²) < 4.78 is 0. The van der Waals surface area contributed by atoms with Crippen LogP contribution in [-0.4, -0.2) is 5.11 Å². The van der Waals surface area contributed by atoms with E-state index in [1.54, 1.807) is 0 Å². The topological polar surface area (TPSA) is 20.2 Å². The summed E-state index contributed by atoms with van der Waals surface area (Å²) in [4.78, 5) is 0. The highest BCUT2D eigenvalue weighted by Crippen LogP contribution is 2.39.